The number of benzene rings is 1. The maximum absolute atomic E-state index is 12.1. The molecule has 0 aliphatic rings. The summed E-state index contributed by atoms with van der Waals surface area (Å²) in [6.07, 6.45) is 0.763. The zero-order chi connectivity index (χ0) is 18.9. The van der Waals surface area contributed by atoms with Crippen LogP contribution in [0.25, 0.3) is 0 Å². The van der Waals surface area contributed by atoms with Crippen molar-refractivity contribution < 1.29 is 19.5 Å². The Morgan fingerprint density at radius 2 is 1.69 bits per heavy atom. The zero-order valence-corrected chi connectivity index (χ0v) is 15.2. The van der Waals surface area contributed by atoms with Crippen molar-refractivity contribution in [1.29, 1.82) is 0 Å². The van der Waals surface area contributed by atoms with Crippen molar-refractivity contribution >= 4 is 40.5 Å². The summed E-state index contributed by atoms with van der Waals surface area (Å²) in [4.78, 5) is 37.1. The molecule has 1 heterocycles. The second kappa shape index (κ2) is 9.69. The minimum Gasteiger partial charge on any atom is -0.480 e. The molecule has 0 fully saturated rings. The lowest BCUT2D eigenvalue weighted by atomic mass is 10.2. The Labute approximate surface area is 155 Å². The van der Waals surface area contributed by atoms with Crippen LogP contribution in [0, 0.1) is 0 Å². The average molecular weight is 375 g/mol. The monoisotopic (exact) mass is 375 g/mol. The summed E-state index contributed by atoms with van der Waals surface area (Å²) in [5.41, 5.74) is 1.20. The van der Waals surface area contributed by atoms with Crippen molar-refractivity contribution in [3.63, 3.8) is 0 Å². The van der Waals surface area contributed by atoms with Gasteiger partial charge in [-0.3, -0.25) is 19.3 Å². The van der Waals surface area contributed by atoms with Crippen molar-refractivity contribution in [3.05, 3.63) is 46.7 Å². The number of thiophene rings is 1. The predicted octanol–water partition coefficient (Wildman–Crippen LogP) is 2.74. The molecule has 1 aromatic heterocycles. The Kier molecular flexibility index (Phi) is 7.31. The molecule has 0 aliphatic heterocycles. The number of hydrogen-bond acceptors (Lipinski definition) is 5. The second-order valence-corrected chi connectivity index (χ2v) is 6.61. The summed E-state index contributed by atoms with van der Waals surface area (Å²) in [6, 6.07) is 10.3. The fourth-order valence-electron chi connectivity index (χ4n) is 2.36. The smallest absolute Gasteiger partial charge is 0.317 e. The van der Waals surface area contributed by atoms with E-state index < -0.39 is 5.97 Å². The molecule has 0 aliphatic carbocycles. The fourth-order valence-corrected chi connectivity index (χ4v) is 2.98. The molecule has 2 rings (SSSR count). The van der Waals surface area contributed by atoms with E-state index in [4.69, 9.17) is 5.11 Å². The van der Waals surface area contributed by atoms with Crippen LogP contribution in [0.4, 0.5) is 11.4 Å². The van der Waals surface area contributed by atoms with Crippen LogP contribution >= 0.6 is 11.3 Å². The van der Waals surface area contributed by atoms with Crippen LogP contribution in [0.15, 0.2) is 41.8 Å². The lowest BCUT2D eigenvalue weighted by Crippen LogP contribution is -2.37. The van der Waals surface area contributed by atoms with Crippen LogP contribution in [0.3, 0.4) is 0 Å². The number of carbonyl (C=O) groups excluding carboxylic acids is 2. The predicted molar refractivity (Wildman–Crippen MR) is 102 cm³/mol. The molecule has 2 aromatic rings. The Morgan fingerprint density at radius 3 is 2.23 bits per heavy atom. The molecular formula is C18H21N3O4S. The minimum atomic E-state index is -0.961. The number of carboxylic acid groups (broad SMARTS) is 1. The number of nitrogens with one attached hydrogen (secondary N) is 2. The molecule has 2 amide bonds. The molecule has 0 atom stereocenters. The number of nitrogens with zero attached hydrogens (tertiary/aromatic N) is 1. The van der Waals surface area contributed by atoms with E-state index in [1.54, 1.807) is 35.2 Å². The van der Waals surface area contributed by atoms with Gasteiger partial charge in [0.15, 0.2) is 0 Å². The van der Waals surface area contributed by atoms with E-state index in [0.717, 1.165) is 6.42 Å². The highest BCUT2D eigenvalue weighted by molar-refractivity contribution is 7.12. The van der Waals surface area contributed by atoms with Crippen LogP contribution in [-0.4, -0.2) is 47.4 Å². The van der Waals surface area contributed by atoms with Gasteiger partial charge in [-0.25, -0.2) is 0 Å². The molecule has 0 bridgehead atoms. The van der Waals surface area contributed by atoms with E-state index in [0.29, 0.717) is 22.8 Å². The summed E-state index contributed by atoms with van der Waals surface area (Å²) in [5.74, 6) is -1.42. The van der Waals surface area contributed by atoms with Crippen LogP contribution in [0.5, 0.6) is 0 Å². The molecule has 7 nitrogen and oxygen atoms in total. The quantitative estimate of drug-likeness (QED) is 0.626. The molecular weight excluding hydrogens is 354 g/mol. The normalized spacial score (nSPS) is 10.5. The highest BCUT2D eigenvalue weighted by atomic mass is 32.1. The Bertz CT molecular complexity index is 744. The summed E-state index contributed by atoms with van der Waals surface area (Å²) < 4.78 is 0. The van der Waals surface area contributed by atoms with Gasteiger partial charge >= 0.3 is 5.97 Å². The van der Waals surface area contributed by atoms with Gasteiger partial charge in [0.05, 0.1) is 18.0 Å². The van der Waals surface area contributed by atoms with Crippen LogP contribution in [-0.2, 0) is 9.59 Å². The lowest BCUT2D eigenvalue weighted by molar-refractivity contribution is -0.138. The van der Waals surface area contributed by atoms with E-state index in [2.05, 4.69) is 10.6 Å². The van der Waals surface area contributed by atoms with Gasteiger partial charge in [-0.2, -0.15) is 0 Å². The van der Waals surface area contributed by atoms with Crippen molar-refractivity contribution in [2.45, 2.75) is 13.3 Å². The van der Waals surface area contributed by atoms with Gasteiger partial charge in [0.2, 0.25) is 5.91 Å². The first kappa shape index (κ1) is 19.6. The van der Waals surface area contributed by atoms with Gasteiger partial charge in [0.1, 0.15) is 0 Å². The van der Waals surface area contributed by atoms with Crippen molar-refractivity contribution in [1.82, 2.24) is 4.90 Å². The molecule has 0 unspecified atom stereocenters. The van der Waals surface area contributed by atoms with Gasteiger partial charge < -0.3 is 15.7 Å². The van der Waals surface area contributed by atoms with Crippen LogP contribution < -0.4 is 10.6 Å². The SMILES string of the molecule is CCCN(CC(=O)O)CC(=O)Nc1ccc(NC(=O)c2cccs2)cc1. The molecule has 0 spiro atoms. The van der Waals surface area contributed by atoms with Crippen molar-refractivity contribution in [2.24, 2.45) is 0 Å². The molecule has 26 heavy (non-hydrogen) atoms. The topological polar surface area (TPSA) is 98.7 Å². The number of amides is 2. The number of anilines is 2. The van der Waals surface area contributed by atoms with Crippen LogP contribution in [0.2, 0.25) is 0 Å². The van der Waals surface area contributed by atoms with E-state index in [9.17, 15) is 14.4 Å². The van der Waals surface area contributed by atoms with E-state index in [1.165, 1.54) is 11.3 Å². The molecule has 1 aromatic carbocycles. The third-order valence-electron chi connectivity index (χ3n) is 3.44. The highest BCUT2D eigenvalue weighted by Gasteiger charge is 2.13. The molecule has 138 valence electrons. The van der Waals surface area contributed by atoms with Gasteiger partial charge in [0.25, 0.3) is 5.91 Å². The maximum Gasteiger partial charge on any atom is 0.317 e. The Hall–Kier alpha value is -2.71. The van der Waals surface area contributed by atoms with E-state index in [-0.39, 0.29) is 24.9 Å². The molecule has 8 heteroatoms. The van der Waals surface area contributed by atoms with E-state index in [1.807, 2.05) is 18.4 Å². The third-order valence-corrected chi connectivity index (χ3v) is 4.31. The van der Waals surface area contributed by atoms with Gasteiger partial charge in [-0.1, -0.05) is 13.0 Å². The van der Waals surface area contributed by atoms with Crippen molar-refractivity contribution in [2.75, 3.05) is 30.3 Å². The summed E-state index contributed by atoms with van der Waals surface area (Å²) in [7, 11) is 0. The first-order valence-corrected chi connectivity index (χ1v) is 9.05. The van der Waals surface area contributed by atoms with E-state index >= 15 is 0 Å². The maximum atomic E-state index is 12.1. The van der Waals surface area contributed by atoms with Crippen molar-refractivity contribution in [3.8, 4) is 0 Å². The lowest BCUT2D eigenvalue weighted by Gasteiger charge is -2.18. The number of carbonyl (C=O) groups is 3. The average Bonchev–Trinajstić information content (AvgIpc) is 3.11. The van der Waals surface area contributed by atoms with Gasteiger partial charge in [-0.05, 0) is 48.7 Å². The Morgan fingerprint density at radius 1 is 1.04 bits per heavy atom. The number of aliphatic carboxylic acids is 1. The fraction of sp³-hybridized carbons (Fsp3) is 0.278. The number of hydrogen-bond donors (Lipinski definition) is 3. The summed E-state index contributed by atoms with van der Waals surface area (Å²) >= 11 is 1.36. The summed E-state index contributed by atoms with van der Waals surface area (Å²) in [6.45, 7) is 2.30. The largest absolute Gasteiger partial charge is 0.480 e. The van der Waals surface area contributed by atoms with Crippen LogP contribution in [0.1, 0.15) is 23.0 Å². The standard InChI is InChI=1S/C18H21N3O4S/c1-2-9-21(12-17(23)24)11-16(22)19-13-5-7-14(8-6-13)20-18(25)15-4-3-10-26-15/h3-8,10H,2,9,11-12H2,1H3,(H,19,22)(H,20,25)(H,23,24). The highest BCUT2D eigenvalue weighted by Crippen LogP contribution is 2.16. The molecule has 0 radical (unpaired) electrons. The number of carboxylic acids is 1. The Balaban J connectivity index is 1.88. The first-order valence-electron chi connectivity index (χ1n) is 8.17. The van der Waals surface area contributed by atoms with Gasteiger partial charge in [0, 0.05) is 11.4 Å². The molecule has 3 N–H and O–H groups in total. The first-order chi connectivity index (χ1) is 12.5. The second-order valence-electron chi connectivity index (χ2n) is 5.66. The molecule has 0 saturated heterocycles. The number of rotatable bonds is 9. The third kappa shape index (κ3) is 6.30. The summed E-state index contributed by atoms with van der Waals surface area (Å²) in [5, 5.41) is 16.2. The zero-order valence-electron chi connectivity index (χ0n) is 14.4. The van der Waals surface area contributed by atoms with Gasteiger partial charge in [-0.15, -0.1) is 11.3 Å². The minimum absolute atomic E-state index is 0.0109. The molecule has 0 saturated carbocycles.